The second-order valence-electron chi connectivity index (χ2n) is 6.60. The normalized spacial score (nSPS) is 10.8. The number of benzene rings is 1. The molecule has 0 amide bonds. The number of sulfonamides is 1. The molecule has 1 heterocycles. The maximum absolute atomic E-state index is 11.6. The van der Waals surface area contributed by atoms with Gasteiger partial charge in [-0.1, -0.05) is 6.07 Å². The number of aromatic amines is 1. The van der Waals surface area contributed by atoms with Crippen molar-refractivity contribution in [1.29, 1.82) is 0 Å². The van der Waals surface area contributed by atoms with Crippen LogP contribution in [-0.2, 0) is 31.8 Å². The number of nitrogens with zero attached hydrogens (tertiary/aromatic N) is 1. The zero-order valence-corrected chi connectivity index (χ0v) is 20.0. The van der Waals surface area contributed by atoms with Crippen LogP contribution in [-0.4, -0.2) is 73.5 Å². The van der Waals surface area contributed by atoms with Crippen molar-refractivity contribution in [3.63, 3.8) is 0 Å². The van der Waals surface area contributed by atoms with Gasteiger partial charge in [0.05, 0.1) is 23.9 Å². The predicted molar refractivity (Wildman–Crippen MR) is 123 cm³/mol. The number of rotatable bonds is 9. The first-order valence-electron chi connectivity index (χ1n) is 9.16. The van der Waals surface area contributed by atoms with E-state index in [1.807, 2.05) is 38.5 Å². The van der Waals surface area contributed by atoms with Gasteiger partial charge in [-0.3, -0.25) is 9.59 Å². The number of hydrogen-bond acceptors (Lipinski definition) is 5. The summed E-state index contributed by atoms with van der Waals surface area (Å²) in [5.41, 5.74) is 3.07. The molecule has 0 bridgehead atoms. The second-order valence-corrected chi connectivity index (χ2v) is 9.33. The summed E-state index contributed by atoms with van der Waals surface area (Å²) in [4.78, 5) is 24.6. The van der Waals surface area contributed by atoms with Crippen LogP contribution in [0.15, 0.2) is 24.4 Å². The smallest absolute Gasteiger partial charge is 0.303 e. The number of alkyl halides is 2. The van der Waals surface area contributed by atoms with Gasteiger partial charge in [-0.2, -0.15) is 0 Å². The van der Waals surface area contributed by atoms with Gasteiger partial charge in [0.1, 0.15) is 0 Å². The zero-order chi connectivity index (χ0) is 24.0. The van der Waals surface area contributed by atoms with Crippen molar-refractivity contribution in [3.8, 4) is 0 Å². The van der Waals surface area contributed by atoms with Crippen molar-refractivity contribution in [2.24, 2.45) is 0 Å². The standard InChI is InChI=1S/C14H21N3O2S.C4H6O4.CH2Cl2/c1-15-20(18,19)10-11-4-5-14-13(8-11)12(9-16-14)6-7-17(2)3;5-3(6)1-2-4(7)8;2-1-3/h4-5,8-9,15-16H,6-7,10H2,1-3H3;1-2H2,(H,5,6)(H,7,8);1H2. The summed E-state index contributed by atoms with van der Waals surface area (Å²) >= 11 is 9.53. The number of carboxylic acid groups (broad SMARTS) is 2. The van der Waals surface area contributed by atoms with Gasteiger partial charge in [-0.25, -0.2) is 13.1 Å². The molecule has 0 atom stereocenters. The first kappa shape index (κ1) is 29.1. The van der Waals surface area contributed by atoms with E-state index in [1.54, 1.807) is 0 Å². The summed E-state index contributed by atoms with van der Waals surface area (Å²) in [7, 11) is 2.29. The summed E-state index contributed by atoms with van der Waals surface area (Å²) < 4.78 is 25.6. The van der Waals surface area contributed by atoms with Crippen molar-refractivity contribution in [2.75, 3.05) is 33.0 Å². The average molecular weight is 498 g/mol. The van der Waals surface area contributed by atoms with Crippen molar-refractivity contribution < 1.29 is 28.2 Å². The number of carbonyl (C=O) groups is 2. The molecule has 12 heteroatoms. The predicted octanol–water partition coefficient (Wildman–Crippen LogP) is 2.68. The lowest BCUT2D eigenvalue weighted by Gasteiger charge is -2.08. The number of carboxylic acids is 2. The van der Waals surface area contributed by atoms with E-state index in [0.717, 1.165) is 29.4 Å². The minimum Gasteiger partial charge on any atom is -0.481 e. The summed E-state index contributed by atoms with van der Waals surface area (Å²) in [6.07, 6.45) is 2.35. The number of aliphatic carboxylic acids is 2. The van der Waals surface area contributed by atoms with Gasteiger partial charge in [0, 0.05) is 23.6 Å². The Kier molecular flexibility index (Phi) is 14.1. The highest BCUT2D eigenvalue weighted by Gasteiger charge is 2.11. The highest BCUT2D eigenvalue weighted by Crippen LogP contribution is 2.21. The molecule has 2 rings (SSSR count). The van der Waals surface area contributed by atoms with E-state index in [0.29, 0.717) is 0 Å². The fourth-order valence-electron chi connectivity index (χ4n) is 2.37. The van der Waals surface area contributed by atoms with Crippen LogP contribution in [0.4, 0.5) is 0 Å². The van der Waals surface area contributed by atoms with Gasteiger partial charge in [0.25, 0.3) is 0 Å². The van der Waals surface area contributed by atoms with Crippen LogP contribution in [0.25, 0.3) is 10.9 Å². The Hall–Kier alpha value is -1.85. The zero-order valence-electron chi connectivity index (χ0n) is 17.7. The molecule has 0 fully saturated rings. The van der Waals surface area contributed by atoms with E-state index in [1.165, 1.54) is 12.6 Å². The molecule has 2 aromatic rings. The van der Waals surface area contributed by atoms with E-state index < -0.39 is 22.0 Å². The molecule has 0 radical (unpaired) electrons. The molecule has 9 nitrogen and oxygen atoms in total. The molecule has 0 saturated heterocycles. The van der Waals surface area contributed by atoms with Crippen LogP contribution in [0, 0.1) is 0 Å². The molecule has 0 saturated carbocycles. The van der Waals surface area contributed by atoms with Crippen molar-refractivity contribution in [2.45, 2.75) is 25.0 Å². The molecular weight excluding hydrogens is 469 g/mol. The molecule has 1 aromatic heterocycles. The Bertz CT molecular complexity index is 918. The molecular formula is C19H29Cl2N3O6S. The Balaban J connectivity index is 0.000000685. The fraction of sp³-hybridized carbons (Fsp3) is 0.474. The highest BCUT2D eigenvalue weighted by molar-refractivity contribution is 7.88. The first-order valence-corrected chi connectivity index (χ1v) is 11.9. The third kappa shape index (κ3) is 13.2. The van der Waals surface area contributed by atoms with Crippen LogP contribution in [0.5, 0.6) is 0 Å². The van der Waals surface area contributed by atoms with Gasteiger partial charge < -0.3 is 20.1 Å². The van der Waals surface area contributed by atoms with E-state index in [9.17, 15) is 18.0 Å². The number of hydrogen-bond donors (Lipinski definition) is 4. The van der Waals surface area contributed by atoms with Crippen molar-refractivity contribution in [1.82, 2.24) is 14.6 Å². The Morgan fingerprint density at radius 2 is 1.68 bits per heavy atom. The lowest BCUT2D eigenvalue weighted by molar-refractivity contribution is -0.143. The summed E-state index contributed by atoms with van der Waals surface area (Å²) in [6.45, 7) is 0.964. The second kappa shape index (κ2) is 15.0. The van der Waals surface area contributed by atoms with Gasteiger partial charge in [-0.15, -0.1) is 23.2 Å². The number of nitrogens with one attached hydrogen (secondary N) is 2. The Labute approximate surface area is 192 Å². The third-order valence-corrected chi connectivity index (χ3v) is 5.22. The van der Waals surface area contributed by atoms with Crippen LogP contribution >= 0.6 is 23.2 Å². The number of halogens is 2. The summed E-state index contributed by atoms with van der Waals surface area (Å²) in [5, 5.41) is 17.1. The molecule has 31 heavy (non-hydrogen) atoms. The Morgan fingerprint density at radius 1 is 1.13 bits per heavy atom. The number of fused-ring (bicyclic) bond motifs is 1. The average Bonchev–Trinajstić information content (AvgIpc) is 3.08. The minimum atomic E-state index is -3.23. The SMILES string of the molecule is CNS(=O)(=O)Cc1ccc2[nH]cc(CCN(C)C)c2c1.ClCCl.O=C(O)CCC(=O)O. The van der Waals surface area contributed by atoms with Crippen LogP contribution in [0.2, 0.25) is 0 Å². The molecule has 0 aliphatic carbocycles. The summed E-state index contributed by atoms with van der Waals surface area (Å²) in [5.74, 6) is -2.14. The maximum Gasteiger partial charge on any atom is 0.303 e. The molecule has 4 N–H and O–H groups in total. The van der Waals surface area contributed by atoms with Gasteiger partial charge in [0.15, 0.2) is 0 Å². The van der Waals surface area contributed by atoms with E-state index in [-0.39, 0.29) is 23.9 Å². The molecule has 0 unspecified atom stereocenters. The van der Waals surface area contributed by atoms with Crippen LogP contribution < -0.4 is 4.72 Å². The van der Waals surface area contributed by atoms with Gasteiger partial charge in [-0.05, 0) is 50.8 Å². The lowest BCUT2D eigenvalue weighted by Crippen LogP contribution is -2.20. The van der Waals surface area contributed by atoms with Gasteiger partial charge >= 0.3 is 11.9 Å². The van der Waals surface area contributed by atoms with Crippen molar-refractivity contribution >= 4 is 56.1 Å². The number of H-pyrrole nitrogens is 1. The molecule has 0 aliphatic heterocycles. The number of aromatic nitrogens is 1. The molecule has 0 aliphatic rings. The van der Waals surface area contributed by atoms with Gasteiger partial charge in [0.2, 0.25) is 10.0 Å². The number of likely N-dealkylation sites (N-methyl/N-ethyl adjacent to an activating group) is 1. The molecule has 0 spiro atoms. The Morgan fingerprint density at radius 3 is 2.13 bits per heavy atom. The topological polar surface area (TPSA) is 140 Å². The minimum absolute atomic E-state index is 0.0116. The molecule has 176 valence electrons. The van der Waals surface area contributed by atoms with Crippen molar-refractivity contribution in [3.05, 3.63) is 35.5 Å². The maximum atomic E-state index is 11.6. The van der Waals surface area contributed by atoms with E-state index in [2.05, 4.69) is 14.6 Å². The van der Waals surface area contributed by atoms with E-state index in [4.69, 9.17) is 33.4 Å². The largest absolute Gasteiger partial charge is 0.481 e. The quantitative estimate of drug-likeness (QED) is 0.390. The lowest BCUT2D eigenvalue weighted by atomic mass is 10.1. The first-order chi connectivity index (χ1) is 14.4. The third-order valence-electron chi connectivity index (χ3n) is 3.88. The highest BCUT2D eigenvalue weighted by atomic mass is 35.5. The van der Waals surface area contributed by atoms with E-state index >= 15 is 0 Å². The van der Waals surface area contributed by atoms with Crippen LogP contribution in [0.1, 0.15) is 24.0 Å². The van der Waals surface area contributed by atoms with Crippen LogP contribution in [0.3, 0.4) is 0 Å². The molecule has 1 aromatic carbocycles. The summed E-state index contributed by atoms with van der Waals surface area (Å²) in [6, 6.07) is 5.75. The fourth-order valence-corrected chi connectivity index (χ4v) is 3.13. The monoisotopic (exact) mass is 497 g/mol.